The van der Waals surface area contributed by atoms with E-state index in [1.165, 1.54) is 0 Å². The van der Waals surface area contributed by atoms with E-state index < -0.39 is 0 Å². The van der Waals surface area contributed by atoms with Crippen molar-refractivity contribution >= 4 is 17.4 Å². The van der Waals surface area contributed by atoms with E-state index in [0.717, 1.165) is 17.6 Å². The van der Waals surface area contributed by atoms with Crippen LogP contribution in [0.2, 0.25) is 5.02 Å². The van der Waals surface area contributed by atoms with Crippen molar-refractivity contribution in [1.82, 2.24) is 0 Å². The molecule has 2 heteroatoms. The molecule has 0 N–H and O–H groups in total. The molecule has 0 amide bonds. The number of halogens is 1. The molecular weight excluding hydrogens is 208 g/mol. The zero-order chi connectivity index (χ0) is 11.3. The van der Waals surface area contributed by atoms with Gasteiger partial charge in [-0.05, 0) is 36.6 Å². The van der Waals surface area contributed by atoms with Crippen molar-refractivity contribution in [2.24, 2.45) is 0 Å². The van der Waals surface area contributed by atoms with E-state index in [4.69, 9.17) is 11.6 Å². The van der Waals surface area contributed by atoms with Crippen LogP contribution in [0.1, 0.15) is 25.8 Å². The van der Waals surface area contributed by atoms with Gasteiger partial charge in [0.1, 0.15) is 0 Å². The number of rotatable bonds is 4. The third-order valence-corrected chi connectivity index (χ3v) is 2.62. The van der Waals surface area contributed by atoms with Crippen LogP contribution in [-0.2, 0) is 11.2 Å². The summed E-state index contributed by atoms with van der Waals surface area (Å²) < 4.78 is 0. The summed E-state index contributed by atoms with van der Waals surface area (Å²) in [6.07, 6.45) is 3.14. The Labute approximate surface area is 95.8 Å². The first-order valence-corrected chi connectivity index (χ1v) is 5.48. The van der Waals surface area contributed by atoms with E-state index in [1.807, 2.05) is 44.2 Å². The fourth-order valence-corrected chi connectivity index (χ4v) is 1.59. The molecule has 0 bridgehead atoms. The number of Topliss-reactive ketones (excluding diaryl/α,β-unsaturated/α-hetero) is 1. The summed E-state index contributed by atoms with van der Waals surface area (Å²) in [5.74, 6) is 0.197. The molecule has 0 radical (unpaired) electrons. The Balaban J connectivity index is 2.70. The predicted molar refractivity (Wildman–Crippen MR) is 64.2 cm³/mol. The highest BCUT2D eigenvalue weighted by molar-refractivity contribution is 6.30. The third kappa shape index (κ3) is 3.52. The van der Waals surface area contributed by atoms with Crippen LogP contribution in [-0.4, -0.2) is 5.78 Å². The molecule has 0 aliphatic heterocycles. The summed E-state index contributed by atoms with van der Waals surface area (Å²) in [7, 11) is 0. The van der Waals surface area contributed by atoms with Gasteiger partial charge in [-0.3, -0.25) is 4.79 Å². The van der Waals surface area contributed by atoms with Crippen LogP contribution in [0.15, 0.2) is 35.9 Å². The molecule has 1 aromatic rings. The molecule has 15 heavy (non-hydrogen) atoms. The molecule has 0 saturated carbocycles. The van der Waals surface area contributed by atoms with Gasteiger partial charge in [0.15, 0.2) is 5.78 Å². The van der Waals surface area contributed by atoms with Gasteiger partial charge in [0.2, 0.25) is 0 Å². The van der Waals surface area contributed by atoms with Crippen molar-refractivity contribution in [2.45, 2.75) is 26.7 Å². The normalized spacial score (nSPS) is 11.5. The number of hydrogen-bond donors (Lipinski definition) is 0. The van der Waals surface area contributed by atoms with Crippen molar-refractivity contribution in [3.05, 3.63) is 46.5 Å². The third-order valence-electron chi connectivity index (χ3n) is 2.37. The first kappa shape index (κ1) is 12.0. The fraction of sp³-hybridized carbons (Fsp3) is 0.308. The Morgan fingerprint density at radius 2 is 1.93 bits per heavy atom. The number of ketones is 1. The van der Waals surface area contributed by atoms with Gasteiger partial charge in [-0.25, -0.2) is 0 Å². The Bertz CT molecular complexity index is 363. The predicted octanol–water partition coefficient (Wildman–Crippen LogP) is 3.81. The number of carbonyl (C=O) groups is 1. The standard InChI is InChI=1S/C13H15ClO/c1-3-11(4-2)13(15)9-10-5-7-12(14)8-6-10/h3,5-8H,4,9H2,1-2H3/b11-3-. The summed E-state index contributed by atoms with van der Waals surface area (Å²) in [5, 5.41) is 0.702. The topological polar surface area (TPSA) is 17.1 Å². The van der Waals surface area contributed by atoms with Crippen LogP contribution in [0.25, 0.3) is 0 Å². The summed E-state index contributed by atoms with van der Waals surface area (Å²) in [6.45, 7) is 3.90. The molecule has 1 aromatic carbocycles. The van der Waals surface area contributed by atoms with E-state index in [1.54, 1.807) is 0 Å². The largest absolute Gasteiger partial charge is 0.294 e. The van der Waals surface area contributed by atoms with E-state index in [0.29, 0.717) is 11.4 Å². The molecule has 0 aliphatic rings. The molecule has 0 aromatic heterocycles. The van der Waals surface area contributed by atoms with Gasteiger partial charge >= 0.3 is 0 Å². The molecular formula is C13H15ClO. The number of benzene rings is 1. The number of hydrogen-bond acceptors (Lipinski definition) is 1. The average molecular weight is 223 g/mol. The Kier molecular flexibility index (Phi) is 4.57. The summed E-state index contributed by atoms with van der Waals surface area (Å²) in [6, 6.07) is 7.41. The minimum absolute atomic E-state index is 0.197. The quantitative estimate of drug-likeness (QED) is 0.708. The highest BCUT2D eigenvalue weighted by atomic mass is 35.5. The summed E-state index contributed by atoms with van der Waals surface area (Å²) >= 11 is 5.77. The van der Waals surface area contributed by atoms with Crippen LogP contribution >= 0.6 is 11.6 Å². The zero-order valence-electron chi connectivity index (χ0n) is 9.09. The maximum Gasteiger partial charge on any atom is 0.162 e. The molecule has 1 nitrogen and oxygen atoms in total. The lowest BCUT2D eigenvalue weighted by atomic mass is 10.0. The second kappa shape index (κ2) is 5.72. The van der Waals surface area contributed by atoms with E-state index in [2.05, 4.69) is 0 Å². The van der Waals surface area contributed by atoms with E-state index in [-0.39, 0.29) is 5.78 Å². The number of allylic oxidation sites excluding steroid dienone is 2. The lowest BCUT2D eigenvalue weighted by Crippen LogP contribution is -2.05. The molecule has 0 atom stereocenters. The molecule has 0 aliphatic carbocycles. The monoisotopic (exact) mass is 222 g/mol. The smallest absolute Gasteiger partial charge is 0.162 e. The maximum absolute atomic E-state index is 11.8. The molecule has 0 unspecified atom stereocenters. The van der Waals surface area contributed by atoms with E-state index >= 15 is 0 Å². The van der Waals surface area contributed by atoms with Gasteiger partial charge < -0.3 is 0 Å². The zero-order valence-corrected chi connectivity index (χ0v) is 9.84. The van der Waals surface area contributed by atoms with E-state index in [9.17, 15) is 4.79 Å². The minimum Gasteiger partial charge on any atom is -0.294 e. The van der Waals surface area contributed by atoms with Gasteiger partial charge in [0.05, 0.1) is 0 Å². The first-order chi connectivity index (χ1) is 7.17. The minimum atomic E-state index is 0.197. The Morgan fingerprint density at radius 1 is 1.33 bits per heavy atom. The van der Waals surface area contributed by atoms with Gasteiger partial charge in [0.25, 0.3) is 0 Å². The fourth-order valence-electron chi connectivity index (χ4n) is 1.46. The molecule has 0 fully saturated rings. The lowest BCUT2D eigenvalue weighted by molar-refractivity contribution is -0.115. The van der Waals surface area contributed by atoms with Crippen molar-refractivity contribution in [3.63, 3.8) is 0 Å². The van der Waals surface area contributed by atoms with Gasteiger partial charge in [-0.2, -0.15) is 0 Å². The van der Waals surface area contributed by atoms with Crippen molar-refractivity contribution in [3.8, 4) is 0 Å². The van der Waals surface area contributed by atoms with Gasteiger partial charge in [-0.1, -0.05) is 36.7 Å². The second-order valence-corrected chi connectivity index (χ2v) is 3.83. The van der Waals surface area contributed by atoms with Crippen LogP contribution in [0.4, 0.5) is 0 Å². The van der Waals surface area contributed by atoms with Gasteiger partial charge in [0, 0.05) is 11.4 Å². The van der Waals surface area contributed by atoms with Gasteiger partial charge in [-0.15, -0.1) is 0 Å². The first-order valence-electron chi connectivity index (χ1n) is 5.10. The highest BCUT2D eigenvalue weighted by Crippen LogP contribution is 2.12. The van der Waals surface area contributed by atoms with Crippen LogP contribution in [0.5, 0.6) is 0 Å². The van der Waals surface area contributed by atoms with Crippen molar-refractivity contribution in [1.29, 1.82) is 0 Å². The molecule has 0 spiro atoms. The van der Waals surface area contributed by atoms with Crippen LogP contribution in [0, 0.1) is 0 Å². The highest BCUT2D eigenvalue weighted by Gasteiger charge is 2.07. The lowest BCUT2D eigenvalue weighted by Gasteiger charge is -2.03. The summed E-state index contributed by atoms with van der Waals surface area (Å²) in [5.41, 5.74) is 1.90. The van der Waals surface area contributed by atoms with Crippen molar-refractivity contribution < 1.29 is 4.79 Å². The maximum atomic E-state index is 11.8. The van der Waals surface area contributed by atoms with Crippen LogP contribution in [0.3, 0.4) is 0 Å². The second-order valence-electron chi connectivity index (χ2n) is 3.39. The molecule has 80 valence electrons. The van der Waals surface area contributed by atoms with Crippen LogP contribution < -0.4 is 0 Å². The SMILES string of the molecule is C/C=C(/CC)C(=O)Cc1ccc(Cl)cc1. The van der Waals surface area contributed by atoms with Crippen molar-refractivity contribution in [2.75, 3.05) is 0 Å². The molecule has 1 rings (SSSR count). The average Bonchev–Trinajstić information content (AvgIpc) is 2.23. The Hall–Kier alpha value is -1.08. The Morgan fingerprint density at radius 3 is 2.40 bits per heavy atom. The molecule has 0 heterocycles. The molecule has 0 saturated heterocycles. The number of carbonyl (C=O) groups excluding carboxylic acids is 1. The summed E-state index contributed by atoms with van der Waals surface area (Å²) in [4.78, 5) is 11.8.